The molecule has 2 rings (SSSR count). The molecule has 0 saturated carbocycles. The summed E-state index contributed by atoms with van der Waals surface area (Å²) in [6.07, 6.45) is 1.20. The summed E-state index contributed by atoms with van der Waals surface area (Å²) < 4.78 is 26.3. The molecule has 2 atom stereocenters. The fourth-order valence-corrected chi connectivity index (χ4v) is 4.40. The second kappa shape index (κ2) is 7.63. The molecule has 1 aromatic rings. The molecule has 24 heavy (non-hydrogen) atoms. The van der Waals surface area contributed by atoms with E-state index in [1.165, 1.54) is 19.5 Å². The van der Waals surface area contributed by atoms with Crippen molar-refractivity contribution in [3.63, 3.8) is 0 Å². The van der Waals surface area contributed by atoms with Gasteiger partial charge in [0.25, 0.3) is 0 Å². The van der Waals surface area contributed by atoms with Gasteiger partial charge in [0.05, 0.1) is 11.4 Å². The summed E-state index contributed by atoms with van der Waals surface area (Å²) in [5.41, 5.74) is 1.14. The van der Waals surface area contributed by atoms with Crippen LogP contribution in [0.5, 0.6) is 0 Å². The van der Waals surface area contributed by atoms with Crippen molar-refractivity contribution in [2.24, 2.45) is 11.8 Å². The molecule has 7 heteroatoms. The van der Waals surface area contributed by atoms with Gasteiger partial charge in [-0.05, 0) is 49.9 Å². The average Bonchev–Trinajstić information content (AvgIpc) is 2.47. The van der Waals surface area contributed by atoms with Crippen LogP contribution in [0.1, 0.15) is 25.8 Å². The first-order chi connectivity index (χ1) is 11.2. The van der Waals surface area contributed by atoms with Gasteiger partial charge in [0.2, 0.25) is 15.9 Å². The van der Waals surface area contributed by atoms with Gasteiger partial charge in [-0.3, -0.25) is 9.69 Å². The number of piperidine rings is 1. The van der Waals surface area contributed by atoms with Gasteiger partial charge < -0.3 is 5.32 Å². The molecule has 1 amide bonds. The molecular weight excluding hydrogens is 326 g/mol. The number of hydrogen-bond donors (Lipinski definition) is 2. The van der Waals surface area contributed by atoms with Crippen LogP contribution in [-0.4, -0.2) is 45.9 Å². The fraction of sp³-hybridized carbons (Fsp3) is 0.588. The summed E-state index contributed by atoms with van der Waals surface area (Å²) in [6, 6.07) is 4.93. The predicted octanol–water partition coefficient (Wildman–Crippen LogP) is 1.82. The van der Waals surface area contributed by atoms with Crippen LogP contribution in [0.2, 0.25) is 0 Å². The number of nitrogens with zero attached hydrogens (tertiary/aromatic N) is 1. The second-order valence-electron chi connectivity index (χ2n) is 6.88. The molecule has 1 aliphatic heterocycles. The lowest BCUT2D eigenvalue weighted by molar-refractivity contribution is -0.117. The van der Waals surface area contributed by atoms with Crippen LogP contribution >= 0.6 is 0 Å². The maximum Gasteiger partial charge on any atom is 0.240 e. The summed E-state index contributed by atoms with van der Waals surface area (Å²) in [4.78, 5) is 14.6. The zero-order chi connectivity index (χ0) is 17.9. The number of hydrogen-bond acceptors (Lipinski definition) is 4. The number of amides is 1. The maximum atomic E-state index is 12.3. The van der Waals surface area contributed by atoms with E-state index in [1.807, 2.05) is 0 Å². The zero-order valence-electron chi connectivity index (χ0n) is 14.8. The first-order valence-corrected chi connectivity index (χ1v) is 9.76. The van der Waals surface area contributed by atoms with E-state index in [-0.39, 0.29) is 10.8 Å². The van der Waals surface area contributed by atoms with Crippen molar-refractivity contribution in [2.75, 3.05) is 32.0 Å². The van der Waals surface area contributed by atoms with Crippen LogP contribution in [0.3, 0.4) is 0 Å². The second-order valence-corrected chi connectivity index (χ2v) is 8.73. The highest BCUT2D eigenvalue weighted by Gasteiger charge is 2.23. The third-order valence-corrected chi connectivity index (χ3v) is 5.90. The van der Waals surface area contributed by atoms with Crippen LogP contribution in [0.15, 0.2) is 23.1 Å². The lowest BCUT2D eigenvalue weighted by atomic mass is 9.92. The number of aryl methyl sites for hydroxylation is 1. The van der Waals surface area contributed by atoms with Gasteiger partial charge in [-0.25, -0.2) is 13.1 Å². The lowest BCUT2D eigenvalue weighted by Crippen LogP contribution is -2.42. The Labute approximate surface area is 144 Å². The van der Waals surface area contributed by atoms with E-state index >= 15 is 0 Å². The van der Waals surface area contributed by atoms with Gasteiger partial charge in [-0.15, -0.1) is 0 Å². The van der Waals surface area contributed by atoms with E-state index in [0.29, 0.717) is 29.6 Å². The van der Waals surface area contributed by atoms with Crippen molar-refractivity contribution >= 4 is 21.6 Å². The van der Waals surface area contributed by atoms with Crippen molar-refractivity contribution < 1.29 is 13.2 Å². The maximum absolute atomic E-state index is 12.3. The molecule has 0 radical (unpaired) electrons. The summed E-state index contributed by atoms with van der Waals surface area (Å²) in [5.74, 6) is 1.06. The Morgan fingerprint density at radius 1 is 1.25 bits per heavy atom. The Kier molecular flexibility index (Phi) is 6.01. The van der Waals surface area contributed by atoms with Gasteiger partial charge in [0, 0.05) is 18.8 Å². The highest BCUT2D eigenvalue weighted by Crippen LogP contribution is 2.22. The molecule has 0 aromatic heterocycles. The van der Waals surface area contributed by atoms with Crippen molar-refractivity contribution in [2.45, 2.75) is 32.1 Å². The highest BCUT2D eigenvalue weighted by atomic mass is 32.2. The van der Waals surface area contributed by atoms with Crippen molar-refractivity contribution in [3.8, 4) is 0 Å². The molecule has 1 heterocycles. The fourth-order valence-electron chi connectivity index (χ4n) is 3.40. The Morgan fingerprint density at radius 3 is 2.46 bits per heavy atom. The third kappa shape index (κ3) is 4.78. The first kappa shape index (κ1) is 18.9. The molecule has 1 aromatic carbocycles. The minimum absolute atomic E-state index is 0.118. The Bertz CT molecular complexity index is 693. The molecule has 1 saturated heterocycles. The quantitative estimate of drug-likeness (QED) is 0.846. The van der Waals surface area contributed by atoms with Gasteiger partial charge in [-0.2, -0.15) is 0 Å². The Morgan fingerprint density at radius 2 is 1.88 bits per heavy atom. The topological polar surface area (TPSA) is 78.5 Å². The summed E-state index contributed by atoms with van der Waals surface area (Å²) in [7, 11) is -2.17. The number of sulfonamides is 1. The number of benzene rings is 1. The number of likely N-dealkylation sites (tertiary alicyclic amines) is 1. The Balaban J connectivity index is 2.05. The number of anilines is 1. The minimum Gasteiger partial charge on any atom is -0.325 e. The molecule has 0 bridgehead atoms. The predicted molar refractivity (Wildman–Crippen MR) is 95.4 cm³/mol. The zero-order valence-corrected chi connectivity index (χ0v) is 15.6. The van der Waals surface area contributed by atoms with E-state index in [1.54, 1.807) is 19.1 Å². The summed E-state index contributed by atoms with van der Waals surface area (Å²) >= 11 is 0. The molecule has 0 aliphatic carbocycles. The molecular formula is C17H27N3O3S. The summed E-state index contributed by atoms with van der Waals surface area (Å²) in [5, 5.41) is 2.81. The van der Waals surface area contributed by atoms with E-state index in [9.17, 15) is 13.2 Å². The Hall–Kier alpha value is -1.44. The number of nitrogens with one attached hydrogen (secondary N) is 2. The van der Waals surface area contributed by atoms with Crippen LogP contribution in [0.25, 0.3) is 0 Å². The van der Waals surface area contributed by atoms with Crippen LogP contribution in [0.4, 0.5) is 5.69 Å². The van der Waals surface area contributed by atoms with Crippen LogP contribution in [0, 0.1) is 18.8 Å². The standard InChI is InChI=1S/C17H27N3O3S/c1-12-7-13(2)10-20(9-12)11-17(21)19-15-6-5-14(3)16(8-15)24(22,23)18-4/h5-6,8,12-13,18H,7,9-11H2,1-4H3,(H,19,21)/t12-,13-/m1/s1. The van der Waals surface area contributed by atoms with Crippen LogP contribution in [-0.2, 0) is 14.8 Å². The molecule has 0 unspecified atom stereocenters. The van der Waals surface area contributed by atoms with E-state index in [2.05, 4.69) is 28.8 Å². The highest BCUT2D eigenvalue weighted by molar-refractivity contribution is 7.89. The number of rotatable bonds is 5. The van der Waals surface area contributed by atoms with Gasteiger partial charge in [0.15, 0.2) is 0 Å². The number of carbonyl (C=O) groups excluding carboxylic acids is 1. The van der Waals surface area contributed by atoms with Gasteiger partial charge in [0.1, 0.15) is 0 Å². The SMILES string of the molecule is CNS(=O)(=O)c1cc(NC(=O)CN2C[C@H](C)C[C@@H](C)C2)ccc1C. The largest absolute Gasteiger partial charge is 0.325 e. The van der Waals surface area contributed by atoms with E-state index in [0.717, 1.165) is 13.1 Å². The third-order valence-electron chi connectivity index (χ3n) is 4.34. The molecule has 2 N–H and O–H groups in total. The molecule has 0 spiro atoms. The average molecular weight is 353 g/mol. The molecule has 134 valence electrons. The van der Waals surface area contributed by atoms with Crippen molar-refractivity contribution in [3.05, 3.63) is 23.8 Å². The smallest absolute Gasteiger partial charge is 0.240 e. The van der Waals surface area contributed by atoms with Crippen molar-refractivity contribution in [1.29, 1.82) is 0 Å². The minimum atomic E-state index is -3.54. The van der Waals surface area contributed by atoms with E-state index < -0.39 is 10.0 Å². The normalized spacial score (nSPS) is 22.3. The van der Waals surface area contributed by atoms with Gasteiger partial charge >= 0.3 is 0 Å². The van der Waals surface area contributed by atoms with Crippen molar-refractivity contribution in [1.82, 2.24) is 9.62 Å². The van der Waals surface area contributed by atoms with E-state index in [4.69, 9.17) is 0 Å². The molecule has 1 aliphatic rings. The lowest BCUT2D eigenvalue weighted by Gasteiger charge is -2.34. The summed E-state index contributed by atoms with van der Waals surface area (Å²) in [6.45, 7) is 8.31. The molecule has 6 nitrogen and oxygen atoms in total. The van der Waals surface area contributed by atoms with Crippen LogP contribution < -0.4 is 10.0 Å². The van der Waals surface area contributed by atoms with Gasteiger partial charge in [-0.1, -0.05) is 19.9 Å². The molecule has 1 fully saturated rings. The first-order valence-electron chi connectivity index (χ1n) is 8.27. The monoisotopic (exact) mass is 353 g/mol. The number of carbonyl (C=O) groups is 1.